The van der Waals surface area contributed by atoms with Gasteiger partial charge in [0.1, 0.15) is 11.2 Å². The quantitative estimate of drug-likeness (QED) is 0.121. The summed E-state index contributed by atoms with van der Waals surface area (Å²) in [6.45, 7) is 0. The second kappa shape index (κ2) is 24.1. The molecule has 0 spiro atoms. The second-order valence-corrected chi connectivity index (χ2v) is 27.3. The number of hydrogen-bond acceptors (Lipinski definition) is 6. The van der Waals surface area contributed by atoms with E-state index in [2.05, 4.69) is 324 Å². The van der Waals surface area contributed by atoms with Crippen molar-refractivity contribution in [2.24, 2.45) is 0 Å². The van der Waals surface area contributed by atoms with Gasteiger partial charge in [0.25, 0.3) is 0 Å². The molecule has 1 saturated carbocycles. The van der Waals surface area contributed by atoms with Gasteiger partial charge in [0.2, 0.25) is 0 Å². The van der Waals surface area contributed by atoms with E-state index in [1.165, 1.54) is 59.9 Å². The Bertz CT molecular complexity index is 6100. The van der Waals surface area contributed by atoms with Crippen LogP contribution in [0, 0.1) is 0 Å². The third-order valence-corrected chi connectivity index (χ3v) is 21.5. The van der Waals surface area contributed by atoms with Crippen molar-refractivity contribution >= 4 is 99.9 Å². The van der Waals surface area contributed by atoms with Crippen LogP contribution < -0.4 is 9.80 Å². The van der Waals surface area contributed by atoms with Gasteiger partial charge in [-0.25, -0.2) is 4.98 Å². The monoisotopic (exact) mass is 1290 g/mol. The van der Waals surface area contributed by atoms with Gasteiger partial charge < -0.3 is 18.6 Å². The zero-order valence-electron chi connectivity index (χ0n) is 55.5. The summed E-state index contributed by atoms with van der Waals surface area (Å²) >= 11 is 0. The minimum absolute atomic E-state index is 0.114. The summed E-state index contributed by atoms with van der Waals surface area (Å²) < 4.78 is 15.9. The van der Waals surface area contributed by atoms with Crippen molar-refractivity contribution in [2.75, 3.05) is 9.80 Å². The highest BCUT2D eigenvalue weighted by Crippen LogP contribution is 2.55. The van der Waals surface area contributed by atoms with Crippen LogP contribution in [0.2, 0.25) is 0 Å². The number of aromatic nitrogens is 2. The molecule has 5 heterocycles. The van der Waals surface area contributed by atoms with E-state index in [1.54, 1.807) is 0 Å². The minimum Gasteiger partial charge on any atom is -0.454 e. The van der Waals surface area contributed by atoms with Crippen LogP contribution in [0.4, 0.5) is 28.4 Å². The van der Waals surface area contributed by atoms with Gasteiger partial charge in [0.15, 0.2) is 11.2 Å². The molecule has 1 unspecified atom stereocenters. The molecule has 6 heteroatoms. The van der Waals surface area contributed by atoms with Gasteiger partial charge in [-0.1, -0.05) is 250 Å². The lowest BCUT2D eigenvalue weighted by atomic mass is 9.84. The van der Waals surface area contributed by atoms with Crippen LogP contribution in [0.1, 0.15) is 49.1 Å². The maximum atomic E-state index is 8.05. The first kappa shape index (κ1) is 58.5. The van der Waals surface area contributed by atoms with Crippen LogP contribution in [0.3, 0.4) is 0 Å². The first-order valence-electron chi connectivity index (χ1n) is 35.4. The van der Waals surface area contributed by atoms with Gasteiger partial charge in [0.05, 0.1) is 28.8 Å². The largest absolute Gasteiger partial charge is 0.454 e. The average Bonchev–Trinajstić information content (AvgIpc) is 1.55. The van der Waals surface area contributed by atoms with Crippen molar-refractivity contribution in [1.82, 2.24) is 9.97 Å². The van der Waals surface area contributed by atoms with Crippen LogP contribution in [-0.2, 0) is 0 Å². The van der Waals surface area contributed by atoms with E-state index < -0.39 is 0 Å². The Morgan fingerprint density at radius 2 is 1.00 bits per heavy atom. The Balaban J connectivity index is 0.904. The average molecular weight is 1300 g/mol. The molecular weight excluding hydrogens is 1230 g/mol. The zero-order chi connectivity index (χ0) is 66.5. The molecular formula is C95H66N4O2. The van der Waals surface area contributed by atoms with E-state index in [0.717, 1.165) is 161 Å². The molecule has 2 aliphatic carbocycles. The van der Waals surface area contributed by atoms with E-state index in [0.29, 0.717) is 5.92 Å². The van der Waals surface area contributed by atoms with Crippen molar-refractivity contribution in [3.63, 3.8) is 0 Å². The molecule has 4 aromatic heterocycles. The molecule has 0 bridgehead atoms. The van der Waals surface area contributed by atoms with Gasteiger partial charge in [0, 0.05) is 73.3 Å². The lowest BCUT2D eigenvalue weighted by Gasteiger charge is -2.38. The number of benzene rings is 12. The van der Waals surface area contributed by atoms with E-state index in [4.69, 9.17) is 13.8 Å². The van der Waals surface area contributed by atoms with Gasteiger partial charge >= 0.3 is 0 Å². The van der Waals surface area contributed by atoms with E-state index >= 15 is 0 Å². The summed E-state index contributed by atoms with van der Waals surface area (Å²) in [6.07, 6.45) is 21.5. The Hall–Kier alpha value is -12.6. The molecule has 13 aromatic carbocycles. The molecule has 478 valence electrons. The van der Waals surface area contributed by atoms with Crippen molar-refractivity contribution in [2.45, 2.75) is 44.1 Å². The van der Waals surface area contributed by atoms with Crippen molar-refractivity contribution in [3.8, 4) is 78.1 Å². The van der Waals surface area contributed by atoms with E-state index in [-0.39, 0.29) is 6.04 Å². The molecule has 0 N–H and O–H groups in total. The summed E-state index contributed by atoms with van der Waals surface area (Å²) in [6, 6.07) is 104. The lowest BCUT2D eigenvalue weighted by Crippen LogP contribution is -2.34. The molecule has 0 amide bonds. The predicted molar refractivity (Wildman–Crippen MR) is 420 cm³/mol. The Labute approximate surface area is 585 Å². The number of fused-ring (bicyclic) bond motifs is 4. The summed E-state index contributed by atoms with van der Waals surface area (Å²) in [4.78, 5) is 15.2. The van der Waals surface area contributed by atoms with Gasteiger partial charge in [-0.15, -0.1) is 0 Å². The number of pyridine rings is 2. The maximum absolute atomic E-state index is 8.05. The Morgan fingerprint density at radius 1 is 0.386 bits per heavy atom. The Kier molecular flexibility index (Phi) is 14.0. The first-order valence-corrected chi connectivity index (χ1v) is 35.4. The van der Waals surface area contributed by atoms with Gasteiger partial charge in [-0.3, -0.25) is 4.98 Å². The molecule has 0 radical (unpaired) electrons. The number of rotatable bonds is 12. The number of anilines is 5. The predicted octanol–water partition coefficient (Wildman–Crippen LogP) is 26.2. The standard InChI is InChI=1S/C95H66N4O2/c1-5-22-60(23-6-1)63-43-45-65(46-44-63)82-39-20-40-83(97-82)79-48-47-76-77-49-52-87(99-84-41-16-13-30-68(84)56-80-73(38-19-42-85(80)99)64-28-11-4-12-29-64)94-90(77)89-81(57-70(58-88(89)100-94)75-37-15-14-36-74(75)69-33-21-53-96-59-69)78-50-51-86(95-92(78)91(76)93(79)101-95)98(71-34-17-31-66(54-71)61-24-7-2-8-25-61)72-35-18-32-67(55-72)62-26-9-3-10-27-62/h2-4,7-21,24-60,84H,1,5-6,22-23H2. The number of hydrogen-bond donors (Lipinski definition) is 0. The highest BCUT2D eigenvalue weighted by atomic mass is 16.3. The van der Waals surface area contributed by atoms with Crippen LogP contribution in [-0.4, -0.2) is 16.0 Å². The Morgan fingerprint density at radius 3 is 1.73 bits per heavy atom. The highest BCUT2D eigenvalue weighted by Gasteiger charge is 2.34. The maximum Gasteiger partial charge on any atom is 0.160 e. The fourth-order valence-corrected chi connectivity index (χ4v) is 16.8. The zero-order valence-corrected chi connectivity index (χ0v) is 55.5. The van der Waals surface area contributed by atoms with Gasteiger partial charge in [-0.2, -0.15) is 0 Å². The van der Waals surface area contributed by atoms with Gasteiger partial charge in [-0.05, 0) is 186 Å². The third kappa shape index (κ3) is 9.84. The van der Waals surface area contributed by atoms with E-state index in [9.17, 15) is 0 Å². The third-order valence-electron chi connectivity index (χ3n) is 21.5. The molecule has 17 aromatic rings. The fourth-order valence-electron chi connectivity index (χ4n) is 16.8. The summed E-state index contributed by atoms with van der Waals surface area (Å²) in [7, 11) is 0. The fraction of sp³-hybridized carbons (Fsp3) is 0.0737. The minimum atomic E-state index is -0.114. The van der Waals surface area contributed by atoms with Crippen LogP contribution >= 0.6 is 0 Å². The highest BCUT2D eigenvalue weighted by molar-refractivity contribution is 6.39. The van der Waals surface area contributed by atoms with Crippen LogP contribution in [0.5, 0.6) is 0 Å². The van der Waals surface area contributed by atoms with Crippen LogP contribution in [0.15, 0.2) is 336 Å². The number of furan rings is 2. The van der Waals surface area contributed by atoms with Crippen LogP contribution in [0.25, 0.3) is 150 Å². The molecule has 20 rings (SSSR count). The lowest BCUT2D eigenvalue weighted by molar-refractivity contribution is 0.443. The van der Waals surface area contributed by atoms with Crippen molar-refractivity contribution in [1.29, 1.82) is 0 Å². The second-order valence-electron chi connectivity index (χ2n) is 27.3. The summed E-state index contributed by atoms with van der Waals surface area (Å²) in [5.41, 5.74) is 26.6. The van der Waals surface area contributed by atoms with Crippen molar-refractivity contribution in [3.05, 3.63) is 339 Å². The number of nitrogens with zero attached hydrogens (tertiary/aromatic N) is 4. The molecule has 1 atom stereocenters. The van der Waals surface area contributed by atoms with E-state index in [1.807, 2.05) is 18.5 Å². The SMILES string of the molecule is C1=CC2=Cc3c(-c4ccccc4)cccc3N(c3ccc4c5ccc(-c6cccc(-c7ccc(C8CCCCC8)cc7)n6)c6oc7c(N(c8cccc(-c9ccccc9)c8)c8cccc(-c9ccccc9)c8)ccc(c8cc(-c9ccccc9-c9cccnc9)cc9oc3c4c98)c7c65)C2C=C1. The topological polar surface area (TPSA) is 58.5 Å². The summed E-state index contributed by atoms with van der Waals surface area (Å²) in [5, 5.41) is 8.25. The molecule has 1 aliphatic heterocycles. The molecule has 6 nitrogen and oxygen atoms in total. The summed E-state index contributed by atoms with van der Waals surface area (Å²) in [5.74, 6) is 0.609. The molecule has 3 aliphatic rings. The molecule has 101 heavy (non-hydrogen) atoms. The normalized spacial score (nSPS) is 14.6. The first-order chi connectivity index (χ1) is 50.1. The smallest absolute Gasteiger partial charge is 0.160 e. The molecule has 0 saturated heterocycles. The molecule has 1 fully saturated rings. The van der Waals surface area contributed by atoms with Crippen molar-refractivity contribution < 1.29 is 8.83 Å². The number of allylic oxidation sites excluding steroid dienone is 2.